The molecule has 2 rings (SSSR count). The molecule has 0 aliphatic carbocycles. The molecule has 0 atom stereocenters. The van der Waals surface area contributed by atoms with Crippen molar-refractivity contribution >= 4 is 29.2 Å². The van der Waals surface area contributed by atoms with Gasteiger partial charge in [0.15, 0.2) is 11.6 Å². The minimum atomic E-state index is 0.406. The number of halogens is 1. The highest BCUT2D eigenvalue weighted by molar-refractivity contribution is 8.03. The largest absolute Gasteiger partial charge is 0.485 e. The van der Waals surface area contributed by atoms with Crippen LogP contribution in [0.5, 0.6) is 5.75 Å². The van der Waals surface area contributed by atoms with Gasteiger partial charge in [-0.3, -0.25) is 4.68 Å². The normalized spacial score (nSPS) is 10.6. The Kier molecular flexibility index (Phi) is 14.0. The summed E-state index contributed by atoms with van der Waals surface area (Å²) in [6, 6.07) is 3.65. The van der Waals surface area contributed by atoms with E-state index in [9.17, 15) is 0 Å². The van der Waals surface area contributed by atoms with Gasteiger partial charge in [-0.05, 0) is 50.7 Å². The molecule has 0 saturated carbocycles. The molecule has 0 bridgehead atoms. The van der Waals surface area contributed by atoms with Crippen LogP contribution in [0.15, 0.2) is 47.0 Å². The molecule has 5 nitrogen and oxygen atoms in total. The summed E-state index contributed by atoms with van der Waals surface area (Å²) in [6.07, 6.45) is 7.14. The summed E-state index contributed by atoms with van der Waals surface area (Å²) in [6.45, 7) is 17.1. The zero-order chi connectivity index (χ0) is 22.4. The van der Waals surface area contributed by atoms with Crippen LogP contribution in [0, 0.1) is 12.8 Å². The van der Waals surface area contributed by atoms with E-state index in [4.69, 9.17) is 10.5 Å². The maximum Gasteiger partial charge on any atom is 0.166 e. The molecule has 0 aliphatic heterocycles. The minimum Gasteiger partial charge on any atom is -0.485 e. The van der Waals surface area contributed by atoms with Gasteiger partial charge in [-0.25, -0.2) is 4.98 Å². The fraction of sp³-hybridized carbons (Fsp3) is 0.455. The molecule has 29 heavy (non-hydrogen) atoms. The second kappa shape index (κ2) is 15.0. The summed E-state index contributed by atoms with van der Waals surface area (Å²) in [5.74, 6) is 1.53. The number of pyridine rings is 1. The number of nitrogens with zero attached hydrogens (tertiary/aromatic N) is 3. The Labute approximate surface area is 185 Å². The van der Waals surface area contributed by atoms with Crippen molar-refractivity contribution < 1.29 is 4.74 Å². The monoisotopic (exact) mass is 438 g/mol. The molecule has 2 aromatic heterocycles. The van der Waals surface area contributed by atoms with Gasteiger partial charge in [0.1, 0.15) is 11.6 Å². The number of alkyl halides is 1. The van der Waals surface area contributed by atoms with Gasteiger partial charge in [0, 0.05) is 24.7 Å². The Bertz CT molecular complexity index is 772. The second-order valence-corrected chi connectivity index (χ2v) is 7.63. The van der Waals surface area contributed by atoms with E-state index >= 15 is 0 Å². The molecule has 162 valence electrons. The molecular weight excluding hydrogens is 404 g/mol. The topological polar surface area (TPSA) is 66.0 Å². The Morgan fingerprint density at radius 2 is 2.03 bits per heavy atom. The molecular formula is C22H35ClN4OS. The number of nitrogen functional groups attached to an aromatic ring is 1. The van der Waals surface area contributed by atoms with Gasteiger partial charge in [-0.1, -0.05) is 37.8 Å². The van der Waals surface area contributed by atoms with Crippen LogP contribution in [0.1, 0.15) is 45.9 Å². The second-order valence-electron chi connectivity index (χ2n) is 6.39. The summed E-state index contributed by atoms with van der Waals surface area (Å²) in [4.78, 5) is 5.32. The average molecular weight is 439 g/mol. The van der Waals surface area contributed by atoms with Gasteiger partial charge in [0.05, 0.1) is 5.69 Å². The Morgan fingerprint density at radius 3 is 2.55 bits per heavy atom. The molecule has 7 heteroatoms. The summed E-state index contributed by atoms with van der Waals surface area (Å²) in [5, 5.41) is 5.77. The quantitative estimate of drug-likeness (QED) is 0.305. The number of rotatable bonds is 7. The lowest BCUT2D eigenvalue weighted by Gasteiger charge is -2.11. The fourth-order valence-electron chi connectivity index (χ4n) is 2.42. The van der Waals surface area contributed by atoms with Crippen LogP contribution >= 0.6 is 23.4 Å². The molecule has 2 aromatic rings. The molecule has 2 heterocycles. The number of nitrogens with two attached hydrogens (primary N) is 1. The lowest BCUT2D eigenvalue weighted by molar-refractivity contribution is 0.302. The standard InChI is InChI=1S/C18H26N4OS.C3H6.CH3Cl/c1-6-22-18(24-13(4)10-12(2)3)15(14(5)21-22)11-23-16-8-7-9-20-17(16)19;1-3-2;1-2/h7-10,12H,6,11H2,1-5H3,(H2,19,20);3H,1H2,2H3;1H3/b13-10+;;. The summed E-state index contributed by atoms with van der Waals surface area (Å²) in [7, 11) is 0. The van der Waals surface area contributed by atoms with E-state index < -0.39 is 0 Å². The highest BCUT2D eigenvalue weighted by Gasteiger charge is 2.17. The molecule has 0 radical (unpaired) electrons. The predicted molar refractivity (Wildman–Crippen MR) is 128 cm³/mol. The van der Waals surface area contributed by atoms with Gasteiger partial charge in [-0.15, -0.1) is 18.2 Å². The molecule has 0 spiro atoms. The zero-order valence-corrected chi connectivity index (χ0v) is 20.3. The van der Waals surface area contributed by atoms with Crippen LogP contribution in [-0.4, -0.2) is 21.1 Å². The van der Waals surface area contributed by atoms with Crippen molar-refractivity contribution in [2.75, 3.05) is 12.1 Å². The molecule has 0 amide bonds. The number of ether oxygens (including phenoxy) is 1. The van der Waals surface area contributed by atoms with Crippen LogP contribution in [0.3, 0.4) is 0 Å². The summed E-state index contributed by atoms with van der Waals surface area (Å²) in [5.41, 5.74) is 7.94. The molecule has 2 N–H and O–H groups in total. The Balaban J connectivity index is 0.00000143. The zero-order valence-electron chi connectivity index (χ0n) is 18.7. The van der Waals surface area contributed by atoms with Gasteiger partial charge < -0.3 is 10.5 Å². The lowest BCUT2D eigenvalue weighted by atomic mass is 10.2. The van der Waals surface area contributed by atoms with Crippen molar-refractivity contribution in [3.05, 3.63) is 53.2 Å². The molecule has 0 unspecified atom stereocenters. The number of hydrogen-bond donors (Lipinski definition) is 1. The highest BCUT2D eigenvalue weighted by atomic mass is 35.5. The smallest absolute Gasteiger partial charge is 0.166 e. The fourth-order valence-corrected chi connectivity index (χ4v) is 3.67. The van der Waals surface area contributed by atoms with Crippen molar-refractivity contribution in [2.24, 2.45) is 5.92 Å². The first-order valence-electron chi connectivity index (χ1n) is 9.54. The van der Waals surface area contributed by atoms with Gasteiger partial charge in [0.2, 0.25) is 0 Å². The van der Waals surface area contributed by atoms with Crippen molar-refractivity contribution in [1.82, 2.24) is 14.8 Å². The average Bonchev–Trinajstić information content (AvgIpc) is 2.97. The lowest BCUT2D eigenvalue weighted by Crippen LogP contribution is -2.03. The van der Waals surface area contributed by atoms with Crippen molar-refractivity contribution in [3.8, 4) is 5.75 Å². The third-order valence-corrected chi connectivity index (χ3v) is 4.61. The number of allylic oxidation sites excluding steroid dienone is 3. The third kappa shape index (κ3) is 9.41. The van der Waals surface area contributed by atoms with E-state index in [0.29, 0.717) is 24.1 Å². The molecule has 0 saturated heterocycles. The number of aryl methyl sites for hydroxylation is 2. The first-order chi connectivity index (χ1) is 13.8. The molecule has 0 aromatic carbocycles. The predicted octanol–water partition coefficient (Wildman–Crippen LogP) is 6.47. The Hall–Kier alpha value is -1.92. The Morgan fingerprint density at radius 1 is 1.41 bits per heavy atom. The third-order valence-electron chi connectivity index (χ3n) is 3.50. The van der Waals surface area contributed by atoms with E-state index in [1.54, 1.807) is 24.0 Å². The number of hydrogen-bond acceptors (Lipinski definition) is 5. The molecule has 0 aliphatic rings. The van der Waals surface area contributed by atoms with Crippen molar-refractivity contribution in [2.45, 2.75) is 59.7 Å². The minimum absolute atomic E-state index is 0.406. The van der Waals surface area contributed by atoms with Crippen LogP contribution in [0.4, 0.5) is 5.82 Å². The highest BCUT2D eigenvalue weighted by Crippen LogP contribution is 2.33. The SMILES string of the molecule is C=CC.CCl.CCn1nc(C)c(COc2cccnc2N)c1S/C(C)=C/C(C)C. The number of anilines is 1. The van der Waals surface area contributed by atoms with Gasteiger partial charge >= 0.3 is 0 Å². The molecule has 0 fully saturated rings. The first-order valence-corrected chi connectivity index (χ1v) is 11.1. The van der Waals surface area contributed by atoms with Gasteiger partial charge in [0.25, 0.3) is 0 Å². The number of aromatic nitrogens is 3. The first kappa shape index (κ1) is 27.1. The van der Waals surface area contributed by atoms with Crippen LogP contribution < -0.4 is 10.5 Å². The van der Waals surface area contributed by atoms with Crippen molar-refractivity contribution in [1.29, 1.82) is 0 Å². The number of thioether (sulfide) groups is 1. The van der Waals surface area contributed by atoms with Crippen LogP contribution in [-0.2, 0) is 13.2 Å². The van der Waals surface area contributed by atoms with E-state index in [0.717, 1.165) is 22.8 Å². The van der Waals surface area contributed by atoms with E-state index in [-0.39, 0.29) is 0 Å². The summed E-state index contributed by atoms with van der Waals surface area (Å²) >= 11 is 6.38. The summed E-state index contributed by atoms with van der Waals surface area (Å²) < 4.78 is 7.92. The van der Waals surface area contributed by atoms with Crippen LogP contribution in [0.25, 0.3) is 0 Å². The van der Waals surface area contributed by atoms with E-state index in [1.807, 2.05) is 30.7 Å². The van der Waals surface area contributed by atoms with E-state index in [2.05, 4.69) is 62.0 Å². The van der Waals surface area contributed by atoms with Gasteiger partial charge in [-0.2, -0.15) is 5.10 Å². The van der Waals surface area contributed by atoms with E-state index in [1.165, 1.54) is 11.3 Å². The van der Waals surface area contributed by atoms with Crippen LogP contribution in [0.2, 0.25) is 0 Å². The van der Waals surface area contributed by atoms with Crippen molar-refractivity contribution in [3.63, 3.8) is 0 Å². The maximum atomic E-state index is 5.89. The maximum absolute atomic E-state index is 5.89.